The van der Waals surface area contributed by atoms with Gasteiger partial charge in [0.05, 0.1) is 0 Å². The molecule has 0 N–H and O–H groups in total. The Morgan fingerprint density at radius 2 is 1.23 bits per heavy atom. The van der Waals surface area contributed by atoms with Crippen LogP contribution in [0.3, 0.4) is 0 Å². The Morgan fingerprint density at radius 1 is 0.846 bits per heavy atom. The molecule has 0 saturated carbocycles. The summed E-state index contributed by atoms with van der Waals surface area (Å²) in [6.07, 6.45) is 0. The van der Waals surface area contributed by atoms with Crippen molar-refractivity contribution >= 4 is 8.56 Å². The third kappa shape index (κ3) is 2.51. The lowest BCUT2D eigenvalue weighted by molar-refractivity contribution is -0.0793. The molecule has 0 fully saturated rings. The van der Waals surface area contributed by atoms with Crippen LogP contribution in [0.2, 0.25) is 5.54 Å². The summed E-state index contributed by atoms with van der Waals surface area (Å²) in [5, 5.41) is 0. The summed E-state index contributed by atoms with van der Waals surface area (Å²) in [6.45, 7) is 4.09. The SMILES string of the molecule is COC(OC)[Si](OC)(OC)C(C)C. The van der Waals surface area contributed by atoms with E-state index in [1.807, 2.05) is 13.8 Å². The van der Waals surface area contributed by atoms with Crippen LogP contribution in [0.4, 0.5) is 0 Å². The van der Waals surface area contributed by atoms with Gasteiger partial charge < -0.3 is 18.3 Å². The summed E-state index contributed by atoms with van der Waals surface area (Å²) in [5.41, 5.74) is 0.271. The molecule has 5 heteroatoms. The molecule has 0 aromatic carbocycles. The molecule has 0 spiro atoms. The van der Waals surface area contributed by atoms with Gasteiger partial charge >= 0.3 is 8.56 Å². The Labute approximate surface area is 81.4 Å². The molecule has 0 unspecified atom stereocenters. The van der Waals surface area contributed by atoms with Gasteiger partial charge in [0, 0.05) is 34.0 Å². The summed E-state index contributed by atoms with van der Waals surface area (Å²) in [4.78, 5) is 0. The van der Waals surface area contributed by atoms with Gasteiger partial charge in [-0.3, -0.25) is 0 Å². The molecule has 0 atom stereocenters. The van der Waals surface area contributed by atoms with Gasteiger partial charge in [-0.25, -0.2) is 0 Å². The first-order valence-electron chi connectivity index (χ1n) is 4.24. The number of hydrogen-bond acceptors (Lipinski definition) is 4. The number of hydrogen-bond donors (Lipinski definition) is 0. The van der Waals surface area contributed by atoms with Gasteiger partial charge in [-0.15, -0.1) is 0 Å². The fourth-order valence-corrected chi connectivity index (χ4v) is 4.14. The summed E-state index contributed by atoms with van der Waals surface area (Å²) in [6, 6.07) is 0. The van der Waals surface area contributed by atoms with Crippen LogP contribution < -0.4 is 0 Å². The highest BCUT2D eigenvalue weighted by Crippen LogP contribution is 2.27. The van der Waals surface area contributed by atoms with Crippen molar-refractivity contribution in [1.29, 1.82) is 0 Å². The summed E-state index contributed by atoms with van der Waals surface area (Å²) in [5.74, 6) is -0.387. The molecule has 0 rings (SSSR count). The molecule has 13 heavy (non-hydrogen) atoms. The predicted octanol–water partition coefficient (Wildman–Crippen LogP) is 1.29. The van der Waals surface area contributed by atoms with Crippen molar-refractivity contribution in [2.45, 2.75) is 25.3 Å². The minimum Gasteiger partial charge on any atom is -0.395 e. The first kappa shape index (κ1) is 13.1. The van der Waals surface area contributed by atoms with E-state index in [1.54, 1.807) is 28.4 Å². The quantitative estimate of drug-likeness (QED) is 0.487. The van der Waals surface area contributed by atoms with Crippen LogP contribution in [0.15, 0.2) is 0 Å². The normalized spacial score (nSPS) is 12.9. The first-order chi connectivity index (χ1) is 6.08. The van der Waals surface area contributed by atoms with Crippen molar-refractivity contribution in [2.24, 2.45) is 0 Å². The maximum Gasteiger partial charge on any atom is 0.398 e. The Hall–Kier alpha value is 0.0569. The van der Waals surface area contributed by atoms with Crippen molar-refractivity contribution in [2.75, 3.05) is 28.4 Å². The van der Waals surface area contributed by atoms with Gasteiger partial charge in [0.25, 0.3) is 0 Å². The maximum absolute atomic E-state index is 5.46. The smallest absolute Gasteiger partial charge is 0.395 e. The number of rotatable bonds is 6. The zero-order valence-corrected chi connectivity index (χ0v) is 10.3. The van der Waals surface area contributed by atoms with Gasteiger partial charge in [0.2, 0.25) is 0 Å². The predicted molar refractivity (Wildman–Crippen MR) is 52.7 cm³/mol. The topological polar surface area (TPSA) is 36.9 Å². The fourth-order valence-electron chi connectivity index (χ4n) is 1.44. The van der Waals surface area contributed by atoms with Gasteiger partial charge in [-0.1, -0.05) is 13.8 Å². The standard InChI is InChI=1S/C8H20O4Si/c1-7(2)13(11-5,12-6)8(9-3)10-4/h7-8H,1-6H3. The van der Waals surface area contributed by atoms with Crippen molar-refractivity contribution in [1.82, 2.24) is 0 Å². The molecule has 0 amide bonds. The highest BCUT2D eigenvalue weighted by Gasteiger charge is 2.49. The molecule has 0 aliphatic rings. The third-order valence-corrected chi connectivity index (χ3v) is 6.21. The Morgan fingerprint density at radius 3 is 1.31 bits per heavy atom. The van der Waals surface area contributed by atoms with E-state index in [0.717, 1.165) is 0 Å². The van der Waals surface area contributed by atoms with E-state index in [1.165, 1.54) is 0 Å². The Balaban J connectivity index is 4.71. The minimum absolute atomic E-state index is 0.271. The van der Waals surface area contributed by atoms with E-state index < -0.39 is 8.56 Å². The highest BCUT2D eigenvalue weighted by molar-refractivity contribution is 6.69. The van der Waals surface area contributed by atoms with E-state index in [9.17, 15) is 0 Å². The highest BCUT2D eigenvalue weighted by atomic mass is 28.4. The summed E-state index contributed by atoms with van der Waals surface area (Å²) < 4.78 is 21.3. The molecular formula is C8H20O4Si. The van der Waals surface area contributed by atoms with Crippen LogP contribution >= 0.6 is 0 Å². The van der Waals surface area contributed by atoms with Crippen molar-refractivity contribution < 1.29 is 18.3 Å². The molecule has 0 heterocycles. The molecular weight excluding hydrogens is 188 g/mol. The van der Waals surface area contributed by atoms with E-state index in [2.05, 4.69) is 0 Å². The zero-order valence-electron chi connectivity index (χ0n) is 9.29. The monoisotopic (exact) mass is 208 g/mol. The molecule has 0 radical (unpaired) electrons. The second-order valence-electron chi connectivity index (χ2n) is 3.09. The van der Waals surface area contributed by atoms with E-state index in [0.29, 0.717) is 0 Å². The zero-order chi connectivity index (χ0) is 10.5. The minimum atomic E-state index is -2.39. The van der Waals surface area contributed by atoms with E-state index in [-0.39, 0.29) is 11.5 Å². The van der Waals surface area contributed by atoms with Crippen LogP contribution in [0.1, 0.15) is 13.8 Å². The molecule has 0 aliphatic heterocycles. The molecule has 4 nitrogen and oxygen atoms in total. The second-order valence-corrected chi connectivity index (χ2v) is 6.97. The van der Waals surface area contributed by atoms with Crippen LogP contribution in [-0.4, -0.2) is 42.9 Å². The van der Waals surface area contributed by atoms with Gasteiger partial charge in [-0.05, 0) is 0 Å². The largest absolute Gasteiger partial charge is 0.398 e. The maximum atomic E-state index is 5.46. The lowest BCUT2D eigenvalue weighted by atomic mass is 10.6. The Kier molecular flexibility index (Phi) is 5.74. The van der Waals surface area contributed by atoms with E-state index in [4.69, 9.17) is 18.3 Å². The molecule has 0 saturated heterocycles. The van der Waals surface area contributed by atoms with Gasteiger partial charge in [0.15, 0.2) is 5.91 Å². The van der Waals surface area contributed by atoms with Crippen molar-refractivity contribution in [3.63, 3.8) is 0 Å². The van der Waals surface area contributed by atoms with Crippen molar-refractivity contribution in [3.8, 4) is 0 Å². The molecule has 0 bridgehead atoms. The van der Waals surface area contributed by atoms with Crippen LogP contribution in [-0.2, 0) is 18.3 Å². The molecule has 0 aliphatic carbocycles. The van der Waals surface area contributed by atoms with E-state index >= 15 is 0 Å². The first-order valence-corrected chi connectivity index (χ1v) is 6.22. The average Bonchev–Trinajstić information content (AvgIpc) is 2.13. The van der Waals surface area contributed by atoms with Gasteiger partial charge in [-0.2, -0.15) is 0 Å². The third-order valence-electron chi connectivity index (χ3n) is 2.20. The Bertz CT molecular complexity index is 132. The lowest BCUT2D eigenvalue weighted by Gasteiger charge is -2.35. The lowest BCUT2D eigenvalue weighted by Crippen LogP contribution is -2.56. The van der Waals surface area contributed by atoms with Crippen LogP contribution in [0.25, 0.3) is 0 Å². The van der Waals surface area contributed by atoms with Crippen LogP contribution in [0.5, 0.6) is 0 Å². The molecule has 0 aromatic rings. The molecule has 0 aromatic heterocycles. The number of methoxy groups -OCH3 is 2. The van der Waals surface area contributed by atoms with Crippen LogP contribution in [0, 0.1) is 0 Å². The van der Waals surface area contributed by atoms with Gasteiger partial charge in [0.1, 0.15) is 0 Å². The average molecular weight is 208 g/mol. The summed E-state index contributed by atoms with van der Waals surface area (Å²) >= 11 is 0. The molecule has 80 valence electrons. The fraction of sp³-hybridized carbons (Fsp3) is 1.00. The second kappa shape index (κ2) is 5.72. The number of ether oxygens (including phenoxy) is 2. The summed E-state index contributed by atoms with van der Waals surface area (Å²) in [7, 11) is 4.07. The van der Waals surface area contributed by atoms with Crippen molar-refractivity contribution in [3.05, 3.63) is 0 Å².